The first-order chi connectivity index (χ1) is 11.6. The summed E-state index contributed by atoms with van der Waals surface area (Å²) in [5.74, 6) is -0.296. The lowest BCUT2D eigenvalue weighted by atomic mass is 10.3. The van der Waals surface area contributed by atoms with E-state index in [2.05, 4.69) is 36.8 Å². The van der Waals surface area contributed by atoms with E-state index in [0.717, 1.165) is 4.47 Å². The highest BCUT2D eigenvalue weighted by Crippen LogP contribution is 2.17. The molecule has 5 nitrogen and oxygen atoms in total. The van der Waals surface area contributed by atoms with Crippen molar-refractivity contribution in [1.29, 1.82) is 0 Å². The number of carbonyl (C=O) groups is 1. The second-order valence-electron chi connectivity index (χ2n) is 4.90. The van der Waals surface area contributed by atoms with Crippen LogP contribution in [0.4, 0.5) is 21.6 Å². The van der Waals surface area contributed by atoms with Crippen molar-refractivity contribution in [2.24, 2.45) is 0 Å². The number of halogens is 2. The Kier molecular flexibility index (Phi) is 4.81. The fourth-order valence-corrected chi connectivity index (χ4v) is 2.39. The average Bonchev–Trinajstić information content (AvgIpc) is 2.55. The van der Waals surface area contributed by atoms with Crippen molar-refractivity contribution in [3.63, 3.8) is 0 Å². The van der Waals surface area contributed by atoms with Crippen molar-refractivity contribution in [3.8, 4) is 0 Å². The fourth-order valence-electron chi connectivity index (χ4n) is 2.00. The number of rotatable bonds is 4. The molecule has 0 fully saturated rings. The van der Waals surface area contributed by atoms with Gasteiger partial charge in [-0.25, -0.2) is 4.39 Å². The molecule has 0 atom stereocenters. The summed E-state index contributed by atoms with van der Waals surface area (Å²) in [6, 6.07) is 16.4. The Labute approximate surface area is 146 Å². The maximum Gasteiger partial charge on any atom is 0.276 e. The van der Waals surface area contributed by atoms with Crippen LogP contribution in [0.3, 0.4) is 0 Å². The van der Waals surface area contributed by atoms with Gasteiger partial charge in [0.15, 0.2) is 11.5 Å². The van der Waals surface area contributed by atoms with Gasteiger partial charge in [-0.1, -0.05) is 28.1 Å². The van der Waals surface area contributed by atoms with Gasteiger partial charge < -0.3 is 10.6 Å². The lowest BCUT2D eigenvalue weighted by Gasteiger charge is -2.07. The first kappa shape index (κ1) is 16.1. The van der Waals surface area contributed by atoms with Crippen LogP contribution in [0.15, 0.2) is 65.1 Å². The molecule has 1 amide bonds. The third-order valence-electron chi connectivity index (χ3n) is 3.08. The zero-order chi connectivity index (χ0) is 16.9. The van der Waals surface area contributed by atoms with E-state index in [1.807, 2.05) is 12.1 Å². The van der Waals surface area contributed by atoms with Gasteiger partial charge in [-0.05, 0) is 48.5 Å². The second-order valence-corrected chi connectivity index (χ2v) is 5.82. The minimum Gasteiger partial charge on any atom is -0.339 e. The van der Waals surface area contributed by atoms with E-state index < -0.39 is 0 Å². The van der Waals surface area contributed by atoms with Gasteiger partial charge in [-0.3, -0.25) is 4.79 Å². The zero-order valence-corrected chi connectivity index (χ0v) is 13.9. The Balaban J connectivity index is 1.68. The van der Waals surface area contributed by atoms with Gasteiger partial charge in [0.05, 0.1) is 0 Å². The predicted molar refractivity (Wildman–Crippen MR) is 93.8 cm³/mol. The van der Waals surface area contributed by atoms with E-state index in [1.54, 1.807) is 36.4 Å². The van der Waals surface area contributed by atoms with Crippen molar-refractivity contribution < 1.29 is 9.18 Å². The minimum absolute atomic E-state index is 0.180. The summed E-state index contributed by atoms with van der Waals surface area (Å²) >= 11 is 3.34. The highest BCUT2D eigenvalue weighted by molar-refractivity contribution is 9.10. The number of carbonyl (C=O) groups excluding carboxylic acids is 1. The lowest BCUT2D eigenvalue weighted by Crippen LogP contribution is -2.14. The maximum absolute atomic E-state index is 13.1. The van der Waals surface area contributed by atoms with Gasteiger partial charge in [-0.15, -0.1) is 10.2 Å². The number of hydrogen-bond acceptors (Lipinski definition) is 4. The summed E-state index contributed by atoms with van der Waals surface area (Å²) < 4.78 is 14.0. The number of hydrogen-bond donors (Lipinski definition) is 2. The minimum atomic E-state index is -0.363. The molecule has 7 heteroatoms. The Morgan fingerprint density at radius 2 is 1.75 bits per heavy atom. The van der Waals surface area contributed by atoms with Crippen LogP contribution < -0.4 is 10.6 Å². The molecule has 0 aliphatic rings. The van der Waals surface area contributed by atoms with E-state index >= 15 is 0 Å². The van der Waals surface area contributed by atoms with Crippen molar-refractivity contribution in [2.45, 2.75) is 0 Å². The maximum atomic E-state index is 13.1. The second kappa shape index (κ2) is 7.18. The summed E-state index contributed by atoms with van der Waals surface area (Å²) in [5, 5.41) is 13.5. The van der Waals surface area contributed by atoms with Crippen LogP contribution >= 0.6 is 15.9 Å². The molecule has 120 valence electrons. The molecule has 1 heterocycles. The lowest BCUT2D eigenvalue weighted by molar-refractivity contribution is 0.102. The Morgan fingerprint density at radius 1 is 0.958 bits per heavy atom. The van der Waals surface area contributed by atoms with Crippen LogP contribution in [0.25, 0.3) is 0 Å². The number of aromatic nitrogens is 2. The van der Waals surface area contributed by atoms with Crippen LogP contribution in [0.1, 0.15) is 10.5 Å². The van der Waals surface area contributed by atoms with Gasteiger partial charge in [0.25, 0.3) is 5.91 Å². The molecule has 0 spiro atoms. The Morgan fingerprint density at radius 3 is 2.46 bits per heavy atom. The number of benzene rings is 2. The molecule has 0 radical (unpaired) electrons. The molecule has 3 aromatic rings. The Hall–Kier alpha value is -2.80. The van der Waals surface area contributed by atoms with Crippen molar-refractivity contribution in [2.75, 3.05) is 10.6 Å². The molecule has 0 saturated heterocycles. The number of nitrogens with one attached hydrogen (secondary N) is 2. The molecule has 3 rings (SSSR count). The first-order valence-corrected chi connectivity index (χ1v) is 7.83. The molecule has 2 aromatic carbocycles. The zero-order valence-electron chi connectivity index (χ0n) is 12.3. The van der Waals surface area contributed by atoms with Gasteiger partial charge in [0.2, 0.25) is 0 Å². The fraction of sp³-hybridized carbons (Fsp3) is 0. The van der Waals surface area contributed by atoms with E-state index in [1.165, 1.54) is 12.1 Å². The van der Waals surface area contributed by atoms with Gasteiger partial charge >= 0.3 is 0 Å². The summed E-state index contributed by atoms with van der Waals surface area (Å²) in [7, 11) is 0. The molecule has 1 aromatic heterocycles. The molecular weight excluding hydrogens is 375 g/mol. The Bertz CT molecular complexity index is 870. The van der Waals surface area contributed by atoms with Crippen molar-refractivity contribution in [3.05, 3.63) is 76.6 Å². The molecule has 2 N–H and O–H groups in total. The standard InChI is InChI=1S/C17H12BrFN4O/c18-11-3-1-5-13(9-11)21-17(24)15-7-8-16(23-22-15)20-14-6-2-4-12(19)10-14/h1-10H,(H,20,23)(H,21,24). The smallest absolute Gasteiger partial charge is 0.276 e. The topological polar surface area (TPSA) is 66.9 Å². The molecule has 0 saturated carbocycles. The van der Waals surface area contributed by atoms with E-state index in [0.29, 0.717) is 17.2 Å². The van der Waals surface area contributed by atoms with Crippen molar-refractivity contribution >= 4 is 39.0 Å². The van der Waals surface area contributed by atoms with Crippen LogP contribution in [-0.2, 0) is 0 Å². The quantitative estimate of drug-likeness (QED) is 0.698. The molecular formula is C17H12BrFN4O. The highest BCUT2D eigenvalue weighted by atomic mass is 79.9. The number of anilines is 3. The molecule has 0 aliphatic heterocycles. The molecule has 0 bridgehead atoms. The monoisotopic (exact) mass is 386 g/mol. The largest absolute Gasteiger partial charge is 0.339 e. The summed E-state index contributed by atoms with van der Waals surface area (Å²) in [6.45, 7) is 0. The SMILES string of the molecule is O=C(Nc1cccc(Br)c1)c1ccc(Nc2cccc(F)c2)nn1. The first-order valence-electron chi connectivity index (χ1n) is 7.03. The summed E-state index contributed by atoms with van der Waals surface area (Å²) in [4.78, 5) is 12.1. The van der Waals surface area contributed by atoms with Gasteiger partial charge in [0, 0.05) is 15.8 Å². The molecule has 0 aliphatic carbocycles. The average molecular weight is 387 g/mol. The third kappa shape index (κ3) is 4.14. The van der Waals surface area contributed by atoms with Gasteiger partial charge in [-0.2, -0.15) is 0 Å². The van der Waals surface area contributed by atoms with Crippen LogP contribution in [0.2, 0.25) is 0 Å². The number of nitrogens with zero attached hydrogens (tertiary/aromatic N) is 2. The van der Waals surface area contributed by atoms with E-state index in [9.17, 15) is 9.18 Å². The highest BCUT2D eigenvalue weighted by Gasteiger charge is 2.09. The summed E-state index contributed by atoms with van der Waals surface area (Å²) in [5.41, 5.74) is 1.38. The van der Waals surface area contributed by atoms with Crippen molar-refractivity contribution in [1.82, 2.24) is 10.2 Å². The predicted octanol–water partition coefficient (Wildman–Crippen LogP) is 4.37. The summed E-state index contributed by atoms with van der Waals surface area (Å²) in [6.07, 6.45) is 0. The molecule has 0 unspecified atom stereocenters. The third-order valence-corrected chi connectivity index (χ3v) is 3.57. The van der Waals surface area contributed by atoms with Crippen LogP contribution in [-0.4, -0.2) is 16.1 Å². The normalized spacial score (nSPS) is 10.2. The van der Waals surface area contributed by atoms with Gasteiger partial charge in [0.1, 0.15) is 5.82 Å². The van der Waals surface area contributed by atoms with E-state index in [-0.39, 0.29) is 17.4 Å². The van der Waals surface area contributed by atoms with Crippen LogP contribution in [0.5, 0.6) is 0 Å². The van der Waals surface area contributed by atoms with E-state index in [4.69, 9.17) is 0 Å². The number of amides is 1. The molecule has 24 heavy (non-hydrogen) atoms. The van der Waals surface area contributed by atoms with Crippen LogP contribution in [0, 0.1) is 5.82 Å².